The van der Waals surface area contributed by atoms with Crippen molar-refractivity contribution in [3.8, 4) is 5.75 Å². The molecular formula is C16H13F3N2O3. The highest BCUT2D eigenvalue weighted by Crippen LogP contribution is 2.19. The van der Waals surface area contributed by atoms with Crippen LogP contribution in [0.4, 0.5) is 18.9 Å². The Labute approximate surface area is 135 Å². The molecule has 0 aliphatic rings. The molecule has 2 rings (SSSR count). The number of nitrogens with one attached hydrogen (secondary N) is 2. The third-order valence-electron chi connectivity index (χ3n) is 2.87. The molecule has 2 N–H and O–H groups in total. The van der Waals surface area contributed by atoms with E-state index in [1.807, 2.05) is 5.32 Å². The summed E-state index contributed by atoms with van der Waals surface area (Å²) in [6, 6.07) is 10.1. The first kappa shape index (κ1) is 17.3. The van der Waals surface area contributed by atoms with E-state index in [1.165, 1.54) is 0 Å². The van der Waals surface area contributed by atoms with Crippen LogP contribution in [0.5, 0.6) is 5.75 Å². The first-order chi connectivity index (χ1) is 11.5. The summed E-state index contributed by atoms with van der Waals surface area (Å²) in [6.07, 6.45) is 0. The second kappa shape index (κ2) is 8.00. The van der Waals surface area contributed by atoms with E-state index in [4.69, 9.17) is 4.74 Å². The molecule has 0 radical (unpaired) electrons. The van der Waals surface area contributed by atoms with Crippen molar-refractivity contribution in [2.75, 3.05) is 18.5 Å². The number of carbonyl (C=O) groups excluding carboxylic acids is 2. The number of anilines is 1. The van der Waals surface area contributed by atoms with E-state index in [2.05, 4.69) is 5.32 Å². The van der Waals surface area contributed by atoms with Crippen LogP contribution in [0.2, 0.25) is 0 Å². The molecule has 5 nitrogen and oxygen atoms in total. The quantitative estimate of drug-likeness (QED) is 0.794. The van der Waals surface area contributed by atoms with Gasteiger partial charge in [0.25, 0.3) is 5.91 Å². The smallest absolute Gasteiger partial charge is 0.258 e. The summed E-state index contributed by atoms with van der Waals surface area (Å²) < 4.78 is 44.4. The summed E-state index contributed by atoms with van der Waals surface area (Å²) >= 11 is 0. The summed E-state index contributed by atoms with van der Waals surface area (Å²) in [6.45, 7) is -0.785. The average molecular weight is 338 g/mol. The Morgan fingerprint density at radius 2 is 1.62 bits per heavy atom. The van der Waals surface area contributed by atoms with E-state index >= 15 is 0 Å². The molecule has 0 bridgehead atoms. The predicted octanol–water partition coefficient (Wildman–Crippen LogP) is 2.24. The van der Waals surface area contributed by atoms with Crippen molar-refractivity contribution in [2.24, 2.45) is 0 Å². The van der Waals surface area contributed by atoms with Gasteiger partial charge < -0.3 is 15.4 Å². The molecule has 0 aliphatic carbocycles. The van der Waals surface area contributed by atoms with Gasteiger partial charge in [0.2, 0.25) is 5.91 Å². The molecule has 0 aliphatic heterocycles. The van der Waals surface area contributed by atoms with Crippen LogP contribution in [-0.4, -0.2) is 25.0 Å². The Kier molecular flexibility index (Phi) is 5.78. The molecule has 0 saturated carbocycles. The lowest BCUT2D eigenvalue weighted by Gasteiger charge is -2.09. The average Bonchev–Trinajstić information content (AvgIpc) is 2.59. The Morgan fingerprint density at radius 3 is 2.33 bits per heavy atom. The molecule has 24 heavy (non-hydrogen) atoms. The molecule has 0 unspecified atom stereocenters. The molecular weight excluding hydrogens is 325 g/mol. The minimum atomic E-state index is -1.69. The van der Waals surface area contributed by atoms with Gasteiger partial charge in [-0.3, -0.25) is 9.59 Å². The number of ether oxygens (including phenoxy) is 1. The molecule has 0 aromatic heterocycles. The number of hydrogen-bond donors (Lipinski definition) is 2. The largest absolute Gasteiger partial charge is 0.484 e. The zero-order chi connectivity index (χ0) is 17.5. The highest BCUT2D eigenvalue weighted by molar-refractivity contribution is 5.94. The fourth-order valence-corrected chi connectivity index (χ4v) is 1.71. The highest BCUT2D eigenvalue weighted by atomic mass is 19.2. The third kappa shape index (κ3) is 4.73. The van der Waals surface area contributed by atoms with E-state index < -0.39 is 41.5 Å². The van der Waals surface area contributed by atoms with Crippen molar-refractivity contribution in [1.82, 2.24) is 5.32 Å². The molecule has 0 heterocycles. The fourth-order valence-electron chi connectivity index (χ4n) is 1.71. The molecule has 2 amide bonds. The Morgan fingerprint density at radius 1 is 0.917 bits per heavy atom. The second-order valence-corrected chi connectivity index (χ2v) is 4.65. The van der Waals surface area contributed by atoms with Crippen LogP contribution in [0.15, 0.2) is 42.5 Å². The van der Waals surface area contributed by atoms with Gasteiger partial charge in [-0.2, -0.15) is 0 Å². The topological polar surface area (TPSA) is 67.4 Å². The lowest BCUT2D eigenvalue weighted by atomic mass is 10.2. The van der Waals surface area contributed by atoms with Crippen molar-refractivity contribution >= 4 is 17.5 Å². The van der Waals surface area contributed by atoms with E-state index in [-0.39, 0.29) is 6.61 Å². The predicted molar refractivity (Wildman–Crippen MR) is 79.9 cm³/mol. The van der Waals surface area contributed by atoms with E-state index in [0.29, 0.717) is 11.8 Å². The van der Waals surface area contributed by atoms with Gasteiger partial charge in [-0.25, -0.2) is 13.2 Å². The zero-order valence-corrected chi connectivity index (χ0v) is 12.3. The zero-order valence-electron chi connectivity index (χ0n) is 12.3. The van der Waals surface area contributed by atoms with Crippen molar-refractivity contribution < 1.29 is 27.5 Å². The second-order valence-electron chi connectivity index (χ2n) is 4.65. The van der Waals surface area contributed by atoms with Crippen LogP contribution in [0.3, 0.4) is 0 Å². The van der Waals surface area contributed by atoms with E-state index in [0.717, 1.165) is 6.07 Å². The van der Waals surface area contributed by atoms with E-state index in [1.54, 1.807) is 30.3 Å². The lowest BCUT2D eigenvalue weighted by Crippen LogP contribution is -2.36. The summed E-state index contributed by atoms with van der Waals surface area (Å²) in [5.41, 5.74) is -0.520. The number of rotatable bonds is 6. The number of hydrogen-bond acceptors (Lipinski definition) is 3. The summed E-state index contributed by atoms with van der Waals surface area (Å²) in [7, 11) is 0. The minimum Gasteiger partial charge on any atom is -0.484 e. The number of para-hydroxylation sites is 1. The maximum absolute atomic E-state index is 13.4. The minimum absolute atomic E-state index is 0.309. The third-order valence-corrected chi connectivity index (χ3v) is 2.87. The van der Waals surface area contributed by atoms with Gasteiger partial charge in [-0.05, 0) is 24.3 Å². The Bertz CT molecular complexity index is 739. The van der Waals surface area contributed by atoms with Crippen molar-refractivity contribution in [2.45, 2.75) is 0 Å². The summed E-state index contributed by atoms with van der Waals surface area (Å²) in [4.78, 5) is 23.1. The van der Waals surface area contributed by atoms with Gasteiger partial charge in [0.1, 0.15) is 5.75 Å². The normalized spacial score (nSPS) is 10.1. The molecule has 0 spiro atoms. The Hall–Kier alpha value is -3.03. The first-order valence-corrected chi connectivity index (χ1v) is 6.85. The molecule has 126 valence electrons. The number of benzene rings is 2. The number of amides is 2. The number of carbonyl (C=O) groups is 2. The van der Waals surface area contributed by atoms with Gasteiger partial charge in [-0.15, -0.1) is 0 Å². The first-order valence-electron chi connectivity index (χ1n) is 6.85. The molecule has 8 heteroatoms. The standard InChI is InChI=1S/C16H13F3N2O3/c17-11-6-7-12(16(19)15(11)18)21-13(22)8-20-14(23)9-24-10-4-2-1-3-5-10/h1-7H,8-9H2,(H,20,23)(H,21,22). The van der Waals surface area contributed by atoms with Crippen LogP contribution < -0.4 is 15.4 Å². The summed E-state index contributed by atoms with van der Waals surface area (Å²) in [5.74, 6) is -5.44. The monoisotopic (exact) mass is 338 g/mol. The Balaban J connectivity index is 1.79. The highest BCUT2D eigenvalue weighted by Gasteiger charge is 2.15. The van der Waals surface area contributed by atoms with Crippen LogP contribution in [0.1, 0.15) is 0 Å². The van der Waals surface area contributed by atoms with Crippen LogP contribution in [-0.2, 0) is 9.59 Å². The lowest BCUT2D eigenvalue weighted by molar-refractivity contribution is -0.125. The van der Waals surface area contributed by atoms with Crippen LogP contribution in [0, 0.1) is 17.5 Å². The van der Waals surface area contributed by atoms with Crippen molar-refractivity contribution in [1.29, 1.82) is 0 Å². The van der Waals surface area contributed by atoms with Gasteiger partial charge in [0.05, 0.1) is 12.2 Å². The van der Waals surface area contributed by atoms with Crippen molar-refractivity contribution in [3.63, 3.8) is 0 Å². The molecule has 0 fully saturated rings. The fraction of sp³-hybridized carbons (Fsp3) is 0.125. The maximum atomic E-state index is 13.4. The van der Waals surface area contributed by atoms with Crippen LogP contribution >= 0.6 is 0 Å². The van der Waals surface area contributed by atoms with Gasteiger partial charge in [0, 0.05) is 0 Å². The molecule has 0 atom stereocenters. The SMILES string of the molecule is O=C(COc1ccccc1)NCC(=O)Nc1ccc(F)c(F)c1F. The van der Waals surface area contributed by atoms with Gasteiger partial charge in [0.15, 0.2) is 24.1 Å². The van der Waals surface area contributed by atoms with Gasteiger partial charge >= 0.3 is 0 Å². The molecule has 0 saturated heterocycles. The van der Waals surface area contributed by atoms with Gasteiger partial charge in [-0.1, -0.05) is 18.2 Å². The summed E-state index contributed by atoms with van der Waals surface area (Å²) in [5, 5.41) is 4.28. The number of halogens is 3. The van der Waals surface area contributed by atoms with E-state index in [9.17, 15) is 22.8 Å². The molecule has 2 aromatic rings. The van der Waals surface area contributed by atoms with Crippen LogP contribution in [0.25, 0.3) is 0 Å². The van der Waals surface area contributed by atoms with Crippen molar-refractivity contribution in [3.05, 3.63) is 59.9 Å². The maximum Gasteiger partial charge on any atom is 0.258 e. The molecule has 2 aromatic carbocycles.